The van der Waals surface area contributed by atoms with Crippen molar-refractivity contribution in [1.29, 1.82) is 0 Å². The van der Waals surface area contributed by atoms with Crippen LogP contribution in [0.3, 0.4) is 0 Å². The highest BCUT2D eigenvalue weighted by Crippen LogP contribution is 2.43. The number of rotatable bonds is 8. The normalized spacial score (nSPS) is 13.0. The van der Waals surface area contributed by atoms with E-state index in [2.05, 4.69) is 39.1 Å². The third-order valence-corrected chi connectivity index (χ3v) is 10.5. The van der Waals surface area contributed by atoms with Crippen LogP contribution in [0.4, 0.5) is 17.1 Å². The molecule has 13 heteroatoms. The molecule has 11 nitrogen and oxygen atoms in total. The van der Waals surface area contributed by atoms with Gasteiger partial charge < -0.3 is 20.1 Å². The monoisotopic (exact) mass is 745 g/mol. The Kier molecular flexibility index (Phi) is 9.10. The number of aryl methyl sites for hydroxylation is 1. The van der Waals surface area contributed by atoms with E-state index < -0.39 is 41.5 Å². The van der Waals surface area contributed by atoms with Crippen molar-refractivity contribution < 1.29 is 36.2 Å². The number of phenolic OH excluding ortho intramolecular Hbond substituents is 2. The molecule has 0 atom stereocenters. The van der Waals surface area contributed by atoms with E-state index in [0.29, 0.717) is 17.1 Å². The maximum atomic E-state index is 11.8. The summed E-state index contributed by atoms with van der Waals surface area (Å²) in [6, 6.07) is 33.2. The number of nitrogens with zero attached hydrogens (tertiary/aromatic N) is 2. The first-order valence-corrected chi connectivity index (χ1v) is 19.0. The van der Waals surface area contributed by atoms with E-state index in [-0.39, 0.29) is 5.69 Å². The van der Waals surface area contributed by atoms with E-state index in [0.717, 1.165) is 62.6 Å². The number of aliphatic imine (C=N–C) groups is 1. The number of benzene rings is 5. The zero-order valence-corrected chi connectivity index (χ0v) is 29.5. The highest BCUT2D eigenvalue weighted by molar-refractivity contribution is 7.86. The van der Waals surface area contributed by atoms with E-state index in [1.54, 1.807) is 12.2 Å². The predicted octanol–water partition coefficient (Wildman–Crippen LogP) is 8.19. The fourth-order valence-electron chi connectivity index (χ4n) is 6.35. The Hall–Kier alpha value is -6.25. The number of anilines is 2. The lowest BCUT2D eigenvalue weighted by molar-refractivity contribution is 0.441. The third-order valence-electron chi connectivity index (χ3n) is 8.74. The van der Waals surface area contributed by atoms with Crippen molar-refractivity contribution >= 4 is 59.5 Å². The van der Waals surface area contributed by atoms with E-state index in [4.69, 9.17) is 0 Å². The topological polar surface area (TPSA) is 179 Å². The van der Waals surface area contributed by atoms with Gasteiger partial charge in [0, 0.05) is 34.9 Å². The Balaban J connectivity index is 1.36. The van der Waals surface area contributed by atoms with E-state index in [9.17, 15) is 36.2 Å². The molecule has 0 bridgehead atoms. The van der Waals surface area contributed by atoms with E-state index >= 15 is 0 Å². The summed E-state index contributed by atoms with van der Waals surface area (Å²) in [6.07, 6.45) is 7.40. The number of aromatic nitrogens is 1. The number of allylic oxidation sites excluding steroid dienone is 5. The molecule has 0 unspecified atom stereocenters. The summed E-state index contributed by atoms with van der Waals surface area (Å²) in [5, 5.41) is 24.0. The quantitative estimate of drug-likeness (QED) is 0.0759. The summed E-state index contributed by atoms with van der Waals surface area (Å²) in [6.45, 7) is 0. The van der Waals surface area contributed by atoms with Crippen molar-refractivity contribution in [3.63, 3.8) is 0 Å². The molecule has 1 heterocycles. The predicted molar refractivity (Wildman–Crippen MR) is 205 cm³/mol. The molecule has 0 amide bonds. The number of aromatic hydroxyl groups is 2. The van der Waals surface area contributed by atoms with Gasteiger partial charge in [-0.2, -0.15) is 16.8 Å². The summed E-state index contributed by atoms with van der Waals surface area (Å²) in [5.74, 6) is -1.15. The van der Waals surface area contributed by atoms with Crippen LogP contribution >= 0.6 is 0 Å². The van der Waals surface area contributed by atoms with E-state index in [1.807, 2.05) is 73.8 Å². The molecule has 0 saturated heterocycles. The third kappa shape index (κ3) is 7.14. The zero-order chi connectivity index (χ0) is 37.5. The van der Waals surface area contributed by atoms with Gasteiger partial charge >= 0.3 is 0 Å². The van der Waals surface area contributed by atoms with Crippen LogP contribution in [0, 0.1) is 0 Å². The Bertz CT molecular complexity index is 2750. The second kappa shape index (κ2) is 13.7. The Morgan fingerprint density at radius 3 is 1.91 bits per heavy atom. The molecule has 0 radical (unpaired) electrons. The molecule has 1 aliphatic rings. The van der Waals surface area contributed by atoms with Gasteiger partial charge in [-0.1, -0.05) is 72.8 Å². The first kappa shape index (κ1) is 35.2. The van der Waals surface area contributed by atoms with Gasteiger partial charge in [0.25, 0.3) is 20.2 Å². The first-order chi connectivity index (χ1) is 25.3. The van der Waals surface area contributed by atoms with Crippen LogP contribution < -0.4 is 5.32 Å². The lowest BCUT2D eigenvalue weighted by Gasteiger charge is -2.17. The number of nitrogens with one attached hydrogen (secondary N) is 1. The lowest BCUT2D eigenvalue weighted by atomic mass is 9.87. The molecule has 0 fully saturated rings. The molecule has 1 aliphatic carbocycles. The molecule has 7 rings (SSSR count). The second-order valence-electron chi connectivity index (χ2n) is 12.2. The largest absolute Gasteiger partial charge is 0.506 e. The Labute approximate surface area is 305 Å². The minimum Gasteiger partial charge on any atom is -0.506 e. The van der Waals surface area contributed by atoms with Gasteiger partial charge in [0.2, 0.25) is 0 Å². The SMILES string of the molecule is Cn1c(-c2ccccc2)c(C(=C2C=CC(=Nc3ccc(O)c(S(=O)(=O)O)c3)C=C2)c2ccc(Nc3ccc(O)c(S(=O)(=O)O)c3)cc2)c2ccccc21. The smallest absolute Gasteiger partial charge is 0.298 e. The van der Waals surface area contributed by atoms with Crippen molar-refractivity contribution in [2.45, 2.75) is 9.79 Å². The molecule has 5 aromatic carbocycles. The number of hydrogen-bond acceptors (Lipinski definition) is 8. The molecule has 5 N–H and O–H groups in total. The Morgan fingerprint density at radius 1 is 0.660 bits per heavy atom. The van der Waals surface area contributed by atoms with Crippen LogP contribution in [-0.4, -0.2) is 46.4 Å². The maximum absolute atomic E-state index is 11.8. The van der Waals surface area contributed by atoms with Crippen LogP contribution in [0.2, 0.25) is 0 Å². The highest BCUT2D eigenvalue weighted by Gasteiger charge is 2.24. The summed E-state index contributed by atoms with van der Waals surface area (Å²) < 4.78 is 68.2. The van der Waals surface area contributed by atoms with Crippen LogP contribution in [0.15, 0.2) is 160 Å². The van der Waals surface area contributed by atoms with E-state index in [1.165, 1.54) is 18.2 Å². The zero-order valence-electron chi connectivity index (χ0n) is 27.9. The second-order valence-corrected chi connectivity index (χ2v) is 15.0. The first-order valence-electron chi connectivity index (χ1n) is 16.1. The van der Waals surface area contributed by atoms with Crippen molar-refractivity contribution in [1.82, 2.24) is 4.57 Å². The summed E-state index contributed by atoms with van der Waals surface area (Å²) in [5.41, 5.74) is 8.27. The van der Waals surface area contributed by atoms with Crippen LogP contribution in [0.25, 0.3) is 27.7 Å². The molecule has 0 spiro atoms. The molecule has 6 aromatic rings. The summed E-state index contributed by atoms with van der Waals surface area (Å²) in [4.78, 5) is 3.27. The summed E-state index contributed by atoms with van der Waals surface area (Å²) in [7, 11) is -7.29. The molecule has 53 heavy (non-hydrogen) atoms. The van der Waals surface area contributed by atoms with Gasteiger partial charge in [0.1, 0.15) is 21.3 Å². The fraction of sp³-hybridized carbons (Fsp3) is 0.0250. The highest BCUT2D eigenvalue weighted by atomic mass is 32.2. The maximum Gasteiger partial charge on any atom is 0.298 e. The standard InChI is InChI=1S/C40H31N3O8S2/c1-43-33-10-6-5-9-32(33)39(40(43)27-7-3-2-4-8-27)38(25-11-15-28(16-12-25)41-30-19-21-34(44)36(23-30)52(46,47)48)26-13-17-29(18-14-26)42-31-20-22-35(45)37(24-31)53(49,50)51/h2-24,41,44-45H,1H3,(H,46,47,48)(H,49,50,51). The lowest BCUT2D eigenvalue weighted by Crippen LogP contribution is -2.01. The minimum atomic E-state index is -4.67. The summed E-state index contributed by atoms with van der Waals surface area (Å²) >= 11 is 0. The van der Waals surface area contributed by atoms with Gasteiger partial charge in [0.15, 0.2) is 0 Å². The van der Waals surface area contributed by atoms with Crippen molar-refractivity contribution in [3.05, 3.63) is 156 Å². The van der Waals surface area contributed by atoms with Crippen LogP contribution in [0.5, 0.6) is 11.5 Å². The number of para-hydroxylation sites is 1. The van der Waals surface area contributed by atoms with Gasteiger partial charge in [0.05, 0.1) is 17.1 Å². The van der Waals surface area contributed by atoms with Gasteiger partial charge in [-0.25, -0.2) is 4.99 Å². The van der Waals surface area contributed by atoms with Crippen LogP contribution in [-0.2, 0) is 27.3 Å². The minimum absolute atomic E-state index is 0.216. The Morgan fingerprint density at radius 2 is 1.25 bits per heavy atom. The van der Waals surface area contributed by atoms with Crippen LogP contribution in [0.1, 0.15) is 11.1 Å². The van der Waals surface area contributed by atoms with Crippen molar-refractivity contribution in [2.75, 3.05) is 5.32 Å². The molecular formula is C40H31N3O8S2. The number of hydrogen-bond donors (Lipinski definition) is 5. The van der Waals surface area contributed by atoms with Crippen molar-refractivity contribution in [3.8, 4) is 22.8 Å². The molecule has 0 saturated carbocycles. The van der Waals surface area contributed by atoms with Gasteiger partial charge in [-0.05, 0) is 89.0 Å². The van der Waals surface area contributed by atoms with Gasteiger partial charge in [-0.15, -0.1) is 0 Å². The van der Waals surface area contributed by atoms with Gasteiger partial charge in [-0.3, -0.25) is 9.11 Å². The molecule has 266 valence electrons. The molecule has 0 aliphatic heterocycles. The molecular weight excluding hydrogens is 715 g/mol. The molecule has 1 aromatic heterocycles. The van der Waals surface area contributed by atoms with Crippen molar-refractivity contribution in [2.24, 2.45) is 12.0 Å². The number of fused-ring (bicyclic) bond motifs is 1. The average Bonchev–Trinajstić information content (AvgIpc) is 3.42. The fourth-order valence-corrected chi connectivity index (χ4v) is 7.56. The number of phenols is 2. The average molecular weight is 746 g/mol.